The molecule has 10 nitrogen and oxygen atoms in total. The minimum Gasteiger partial charge on any atom is -0.489 e. The molecule has 2 saturated heterocycles. The number of anilines is 1. The van der Waals surface area contributed by atoms with E-state index in [1.807, 2.05) is 0 Å². The standard InChI is InChI=1S/C22H23ClFN5O5/c1-22(2,31)20-27-15-12(24)6-10(18-16(15)29(20)3-4-32-18)14-11(23)7-25-21(28-14)26-13-5-9-8-33-19(34-9)17(13)30/h6-7,9,13,17,19,30-31H,3-5,8H2,1-2H3,(H,25,26,28)/t9-,13?,17-,19+/m0/s1. The maximum absolute atomic E-state index is 15.2. The van der Waals surface area contributed by atoms with Crippen LogP contribution in [0, 0.1) is 5.82 Å². The lowest BCUT2D eigenvalue weighted by Gasteiger charge is -2.32. The van der Waals surface area contributed by atoms with Gasteiger partial charge in [0.15, 0.2) is 17.9 Å². The highest BCUT2D eigenvalue weighted by Crippen LogP contribution is 2.43. The molecule has 180 valence electrons. The molecular weight excluding hydrogens is 469 g/mol. The first-order valence-corrected chi connectivity index (χ1v) is 11.4. The molecular formula is C22H23ClFN5O5. The van der Waals surface area contributed by atoms with Crippen molar-refractivity contribution >= 4 is 28.6 Å². The summed E-state index contributed by atoms with van der Waals surface area (Å²) in [5, 5.41) is 24.4. The van der Waals surface area contributed by atoms with Crippen molar-refractivity contribution in [2.45, 2.75) is 57.0 Å². The monoisotopic (exact) mass is 491 g/mol. The van der Waals surface area contributed by atoms with Crippen LogP contribution in [-0.2, 0) is 21.6 Å². The van der Waals surface area contributed by atoms with E-state index in [9.17, 15) is 10.2 Å². The molecule has 12 heteroatoms. The molecule has 34 heavy (non-hydrogen) atoms. The summed E-state index contributed by atoms with van der Waals surface area (Å²) in [6, 6.07) is 0.897. The van der Waals surface area contributed by atoms with Gasteiger partial charge in [0.1, 0.15) is 35.2 Å². The van der Waals surface area contributed by atoms with Crippen LogP contribution >= 0.6 is 11.6 Å². The summed E-state index contributed by atoms with van der Waals surface area (Å²) in [6.07, 6.45) is 0.238. The Morgan fingerprint density at radius 1 is 1.32 bits per heavy atom. The normalized spacial score (nSPS) is 26.1. The summed E-state index contributed by atoms with van der Waals surface area (Å²) in [7, 11) is 0. The van der Waals surface area contributed by atoms with Crippen molar-refractivity contribution in [3.05, 3.63) is 28.9 Å². The quantitative estimate of drug-likeness (QED) is 0.503. The number of rotatable bonds is 4. The average molecular weight is 492 g/mol. The number of halogens is 2. The van der Waals surface area contributed by atoms with Crippen LogP contribution in [0.25, 0.3) is 22.3 Å². The lowest BCUT2D eigenvalue weighted by atomic mass is 10.0. The zero-order valence-corrected chi connectivity index (χ0v) is 19.2. The average Bonchev–Trinajstić information content (AvgIpc) is 3.39. The smallest absolute Gasteiger partial charge is 0.223 e. The lowest BCUT2D eigenvalue weighted by Crippen LogP contribution is -2.48. The van der Waals surface area contributed by atoms with Gasteiger partial charge in [-0.05, 0) is 26.3 Å². The molecule has 0 amide bonds. The van der Waals surface area contributed by atoms with E-state index in [0.717, 1.165) is 0 Å². The molecule has 5 heterocycles. The van der Waals surface area contributed by atoms with E-state index >= 15 is 4.39 Å². The van der Waals surface area contributed by atoms with Crippen LogP contribution in [0.1, 0.15) is 26.1 Å². The number of hydrogen-bond donors (Lipinski definition) is 3. The predicted molar refractivity (Wildman–Crippen MR) is 119 cm³/mol. The third-order valence-corrected chi connectivity index (χ3v) is 6.60. The van der Waals surface area contributed by atoms with Crippen LogP contribution in [0.15, 0.2) is 12.3 Å². The van der Waals surface area contributed by atoms with Gasteiger partial charge in [-0.1, -0.05) is 11.6 Å². The highest BCUT2D eigenvalue weighted by molar-refractivity contribution is 6.33. The Balaban J connectivity index is 1.43. The van der Waals surface area contributed by atoms with Crippen LogP contribution < -0.4 is 10.1 Å². The highest BCUT2D eigenvalue weighted by Gasteiger charge is 2.43. The molecule has 0 aliphatic carbocycles. The molecule has 0 radical (unpaired) electrons. The molecule has 1 unspecified atom stereocenters. The number of aliphatic hydroxyl groups excluding tert-OH is 1. The first-order valence-electron chi connectivity index (χ1n) is 11.0. The summed E-state index contributed by atoms with van der Waals surface area (Å²) in [4.78, 5) is 13.1. The maximum Gasteiger partial charge on any atom is 0.223 e. The number of hydrogen-bond acceptors (Lipinski definition) is 9. The van der Waals surface area contributed by atoms with E-state index in [2.05, 4.69) is 20.3 Å². The first kappa shape index (κ1) is 21.9. The van der Waals surface area contributed by atoms with Crippen molar-refractivity contribution in [2.75, 3.05) is 18.5 Å². The van der Waals surface area contributed by atoms with Crippen LogP contribution in [0.3, 0.4) is 0 Å². The summed E-state index contributed by atoms with van der Waals surface area (Å²) < 4.78 is 33.9. The van der Waals surface area contributed by atoms with Gasteiger partial charge in [0.2, 0.25) is 5.95 Å². The van der Waals surface area contributed by atoms with Crippen molar-refractivity contribution in [3.63, 3.8) is 0 Å². The predicted octanol–water partition coefficient (Wildman–Crippen LogP) is 2.19. The molecule has 3 aliphatic heterocycles. The van der Waals surface area contributed by atoms with Crippen molar-refractivity contribution in [2.24, 2.45) is 0 Å². The van der Waals surface area contributed by atoms with Crippen LogP contribution in [-0.4, -0.2) is 67.5 Å². The number of aliphatic hydroxyl groups is 2. The maximum atomic E-state index is 15.2. The van der Waals surface area contributed by atoms with E-state index in [1.54, 1.807) is 18.4 Å². The summed E-state index contributed by atoms with van der Waals surface area (Å²) in [6.45, 7) is 4.36. The zero-order valence-electron chi connectivity index (χ0n) is 18.5. The summed E-state index contributed by atoms with van der Waals surface area (Å²) >= 11 is 6.44. The van der Waals surface area contributed by atoms with Gasteiger partial charge >= 0.3 is 0 Å². The SMILES string of the molecule is CC(C)(O)c1nc2c(F)cc(-c3nc(NC4C[C@H]5CO[C@H](O5)[C@H]4O)ncc3Cl)c3c2n1CCO3. The second-order valence-corrected chi connectivity index (χ2v) is 9.66. The second-order valence-electron chi connectivity index (χ2n) is 9.25. The molecule has 4 atom stereocenters. The van der Waals surface area contributed by atoms with E-state index in [1.165, 1.54) is 12.3 Å². The molecule has 1 aromatic carbocycles. The van der Waals surface area contributed by atoms with Crippen LogP contribution in [0.4, 0.5) is 10.3 Å². The number of nitrogens with one attached hydrogen (secondary N) is 1. The second kappa shape index (κ2) is 7.72. The third-order valence-electron chi connectivity index (χ3n) is 6.33. The largest absolute Gasteiger partial charge is 0.489 e. The number of ether oxygens (including phenoxy) is 3. The number of benzene rings is 1. The van der Waals surface area contributed by atoms with Crippen molar-refractivity contribution in [1.82, 2.24) is 19.5 Å². The van der Waals surface area contributed by atoms with Gasteiger partial charge < -0.3 is 34.3 Å². The topological polar surface area (TPSA) is 124 Å². The Labute approximate surface area is 198 Å². The van der Waals surface area contributed by atoms with E-state index < -0.39 is 23.8 Å². The summed E-state index contributed by atoms with van der Waals surface area (Å²) in [5.74, 6) is 0.375. The third kappa shape index (κ3) is 3.42. The number of nitrogens with zero attached hydrogens (tertiary/aromatic N) is 4. The number of imidazole rings is 1. The van der Waals surface area contributed by atoms with Gasteiger partial charge in [-0.3, -0.25) is 0 Å². The lowest BCUT2D eigenvalue weighted by molar-refractivity contribution is -0.156. The number of aromatic nitrogens is 4. The fraction of sp³-hybridized carbons (Fsp3) is 0.500. The number of fused-ring (bicyclic) bond motifs is 2. The van der Waals surface area contributed by atoms with E-state index in [-0.39, 0.29) is 34.3 Å². The Bertz CT molecular complexity index is 1300. The highest BCUT2D eigenvalue weighted by atomic mass is 35.5. The van der Waals surface area contributed by atoms with Gasteiger partial charge in [-0.2, -0.15) is 0 Å². The Morgan fingerprint density at radius 3 is 2.94 bits per heavy atom. The molecule has 0 spiro atoms. The van der Waals surface area contributed by atoms with Crippen molar-refractivity contribution < 1.29 is 28.8 Å². The fourth-order valence-electron chi connectivity index (χ4n) is 4.80. The molecule has 2 bridgehead atoms. The molecule has 2 fully saturated rings. The first-order chi connectivity index (χ1) is 16.2. The van der Waals surface area contributed by atoms with Crippen LogP contribution in [0.2, 0.25) is 5.02 Å². The van der Waals surface area contributed by atoms with Gasteiger partial charge in [0, 0.05) is 5.56 Å². The fourth-order valence-corrected chi connectivity index (χ4v) is 5.00. The van der Waals surface area contributed by atoms with Crippen molar-refractivity contribution in [3.8, 4) is 17.0 Å². The van der Waals surface area contributed by atoms with E-state index in [0.29, 0.717) is 48.8 Å². The summed E-state index contributed by atoms with van der Waals surface area (Å²) in [5.41, 5.74) is -0.0943. The Hall–Kier alpha value is -2.57. The van der Waals surface area contributed by atoms with Gasteiger partial charge in [-0.25, -0.2) is 19.3 Å². The van der Waals surface area contributed by atoms with Gasteiger partial charge in [0.25, 0.3) is 0 Å². The molecule has 3 aliphatic rings. The van der Waals surface area contributed by atoms with Gasteiger partial charge in [-0.15, -0.1) is 0 Å². The minimum absolute atomic E-state index is 0.111. The molecule has 2 aromatic heterocycles. The van der Waals surface area contributed by atoms with Crippen LogP contribution in [0.5, 0.6) is 5.75 Å². The Morgan fingerprint density at radius 2 is 2.15 bits per heavy atom. The van der Waals surface area contributed by atoms with Crippen molar-refractivity contribution in [1.29, 1.82) is 0 Å². The van der Waals surface area contributed by atoms with E-state index in [4.69, 9.17) is 25.8 Å². The van der Waals surface area contributed by atoms with Gasteiger partial charge in [0.05, 0.1) is 42.2 Å². The Kier molecular flexibility index (Phi) is 4.98. The molecule has 0 saturated carbocycles. The molecule has 6 rings (SSSR count). The molecule has 3 aromatic rings. The molecule has 3 N–H and O–H groups in total. The zero-order chi connectivity index (χ0) is 23.8. The minimum atomic E-state index is -1.27.